The van der Waals surface area contributed by atoms with Crippen LogP contribution in [0.4, 0.5) is 5.69 Å². The Hall–Kier alpha value is -1.21. The van der Waals surface area contributed by atoms with Crippen LogP contribution in [-0.4, -0.2) is 23.1 Å². The maximum absolute atomic E-state index is 11.8. The van der Waals surface area contributed by atoms with Gasteiger partial charge in [-0.25, -0.2) is 0 Å². The van der Waals surface area contributed by atoms with Crippen molar-refractivity contribution in [1.82, 2.24) is 9.88 Å². The molecule has 0 saturated carbocycles. The van der Waals surface area contributed by atoms with Crippen molar-refractivity contribution >= 4 is 21.6 Å². The van der Waals surface area contributed by atoms with E-state index in [4.69, 9.17) is 0 Å². The second kappa shape index (κ2) is 5.92. The van der Waals surface area contributed by atoms with E-state index in [2.05, 4.69) is 21.2 Å². The largest absolute Gasteiger partial charge is 0.319 e. The Bertz CT molecular complexity index is 472. The number of hydrogen-bond acceptors (Lipinski definition) is 4. The van der Waals surface area contributed by atoms with Crippen molar-refractivity contribution < 1.29 is 4.92 Å². The highest BCUT2D eigenvalue weighted by Gasteiger charge is 2.13. The summed E-state index contributed by atoms with van der Waals surface area (Å²) < 4.78 is 1.58. The maximum Gasteiger partial charge on any atom is 0.286 e. The van der Waals surface area contributed by atoms with Crippen LogP contribution in [0.15, 0.2) is 21.5 Å². The molecule has 94 valence electrons. The van der Waals surface area contributed by atoms with Gasteiger partial charge in [-0.2, -0.15) is 0 Å². The molecule has 0 amide bonds. The molecule has 1 aromatic rings. The molecule has 0 bridgehead atoms. The highest BCUT2D eigenvalue weighted by molar-refractivity contribution is 9.10. The molecule has 0 saturated heterocycles. The van der Waals surface area contributed by atoms with Crippen molar-refractivity contribution in [2.24, 2.45) is 5.92 Å². The zero-order valence-electron chi connectivity index (χ0n) is 9.64. The number of nitrogens with zero attached hydrogens (tertiary/aromatic N) is 2. The second-order valence-electron chi connectivity index (χ2n) is 3.92. The van der Waals surface area contributed by atoms with Gasteiger partial charge in [-0.1, -0.05) is 6.92 Å². The lowest BCUT2D eigenvalue weighted by molar-refractivity contribution is -0.385. The molecule has 1 atom stereocenters. The van der Waals surface area contributed by atoms with E-state index < -0.39 is 4.92 Å². The quantitative estimate of drug-likeness (QED) is 0.658. The molecule has 7 heteroatoms. The van der Waals surface area contributed by atoms with Crippen LogP contribution in [0.5, 0.6) is 0 Å². The number of aromatic nitrogens is 1. The minimum absolute atomic E-state index is 0.0897. The molecule has 1 N–H and O–H groups in total. The van der Waals surface area contributed by atoms with E-state index in [9.17, 15) is 14.9 Å². The Morgan fingerprint density at radius 2 is 2.29 bits per heavy atom. The molecule has 0 fully saturated rings. The van der Waals surface area contributed by atoms with Crippen LogP contribution < -0.4 is 10.9 Å². The summed E-state index contributed by atoms with van der Waals surface area (Å²) in [5.41, 5.74) is -0.341. The first-order chi connectivity index (χ1) is 7.95. The first-order valence-corrected chi connectivity index (χ1v) is 5.94. The Morgan fingerprint density at radius 3 is 2.82 bits per heavy atom. The summed E-state index contributed by atoms with van der Waals surface area (Å²) in [7, 11) is 1.82. The van der Waals surface area contributed by atoms with E-state index in [1.165, 1.54) is 16.8 Å². The van der Waals surface area contributed by atoms with Gasteiger partial charge < -0.3 is 9.88 Å². The molecule has 0 aliphatic heterocycles. The van der Waals surface area contributed by atoms with Gasteiger partial charge in [0.1, 0.15) is 0 Å². The third kappa shape index (κ3) is 3.64. The normalized spacial score (nSPS) is 12.4. The molecular formula is C10H14BrN3O3. The Balaban J connectivity index is 3.06. The van der Waals surface area contributed by atoms with Crippen LogP contribution in [0.25, 0.3) is 0 Å². The summed E-state index contributed by atoms with van der Waals surface area (Å²) in [5.74, 6) is 0.214. The average molecular weight is 304 g/mol. The highest BCUT2D eigenvalue weighted by atomic mass is 79.9. The third-order valence-corrected chi connectivity index (χ3v) is 2.87. The predicted molar refractivity (Wildman–Crippen MR) is 68.1 cm³/mol. The molecule has 0 spiro atoms. The molecule has 1 unspecified atom stereocenters. The number of pyridine rings is 1. The zero-order chi connectivity index (χ0) is 13.0. The number of nitro groups is 1. The maximum atomic E-state index is 11.8. The lowest BCUT2D eigenvalue weighted by atomic mass is 10.2. The molecule has 1 aromatic heterocycles. The van der Waals surface area contributed by atoms with Crippen LogP contribution in [-0.2, 0) is 6.54 Å². The van der Waals surface area contributed by atoms with Gasteiger partial charge in [0.25, 0.3) is 11.2 Å². The molecule has 17 heavy (non-hydrogen) atoms. The lowest BCUT2D eigenvalue weighted by Gasteiger charge is -2.12. The summed E-state index contributed by atoms with van der Waals surface area (Å²) in [5, 5.41) is 13.7. The molecular weight excluding hydrogens is 290 g/mol. The third-order valence-electron chi connectivity index (χ3n) is 2.30. The SMILES string of the molecule is CNCC(C)Cn1cc([N+](=O)[O-])cc(Br)c1=O. The Morgan fingerprint density at radius 1 is 1.65 bits per heavy atom. The van der Waals surface area contributed by atoms with Gasteiger partial charge in [-0.15, -0.1) is 0 Å². The smallest absolute Gasteiger partial charge is 0.286 e. The van der Waals surface area contributed by atoms with Gasteiger partial charge in [0.2, 0.25) is 0 Å². The van der Waals surface area contributed by atoms with Crippen LogP contribution in [0.3, 0.4) is 0 Å². The topological polar surface area (TPSA) is 77.2 Å². The van der Waals surface area contributed by atoms with Crippen molar-refractivity contribution in [2.75, 3.05) is 13.6 Å². The fourth-order valence-electron chi connectivity index (χ4n) is 1.57. The monoisotopic (exact) mass is 303 g/mol. The van der Waals surface area contributed by atoms with Crippen molar-refractivity contribution in [3.05, 3.63) is 37.2 Å². The zero-order valence-corrected chi connectivity index (χ0v) is 11.2. The minimum Gasteiger partial charge on any atom is -0.319 e. The van der Waals surface area contributed by atoms with E-state index >= 15 is 0 Å². The fourth-order valence-corrected chi connectivity index (χ4v) is 2.03. The molecule has 0 aliphatic rings. The van der Waals surface area contributed by atoms with Gasteiger partial charge in [0, 0.05) is 12.6 Å². The van der Waals surface area contributed by atoms with Crippen molar-refractivity contribution in [3.8, 4) is 0 Å². The summed E-state index contributed by atoms with van der Waals surface area (Å²) in [4.78, 5) is 21.9. The highest BCUT2D eigenvalue weighted by Crippen LogP contribution is 2.14. The van der Waals surface area contributed by atoms with Crippen molar-refractivity contribution in [1.29, 1.82) is 0 Å². The van der Waals surface area contributed by atoms with Gasteiger partial charge in [-0.05, 0) is 35.4 Å². The lowest BCUT2D eigenvalue weighted by Crippen LogP contribution is -2.27. The Kier molecular flexibility index (Phi) is 4.83. The minimum atomic E-state index is -0.510. The second-order valence-corrected chi connectivity index (χ2v) is 4.78. The van der Waals surface area contributed by atoms with E-state index in [0.29, 0.717) is 6.54 Å². The molecule has 0 aromatic carbocycles. The van der Waals surface area contributed by atoms with Crippen LogP contribution >= 0.6 is 15.9 Å². The number of halogens is 1. The number of nitrogens with one attached hydrogen (secondary N) is 1. The van der Waals surface area contributed by atoms with Crippen LogP contribution in [0.1, 0.15) is 6.92 Å². The van der Waals surface area contributed by atoms with Gasteiger partial charge in [0.05, 0.1) is 15.6 Å². The predicted octanol–water partition coefficient (Wildman–Crippen LogP) is 1.37. The first-order valence-electron chi connectivity index (χ1n) is 5.14. The van der Waals surface area contributed by atoms with Gasteiger partial charge >= 0.3 is 0 Å². The van der Waals surface area contributed by atoms with Gasteiger partial charge in [-0.3, -0.25) is 14.9 Å². The van der Waals surface area contributed by atoms with Crippen molar-refractivity contribution in [3.63, 3.8) is 0 Å². The standard InChI is InChI=1S/C10H14BrN3O3/c1-7(4-12-2)5-13-6-8(14(16)17)3-9(11)10(13)15/h3,6-7,12H,4-5H2,1-2H3. The van der Waals surface area contributed by atoms with Crippen LogP contribution in [0, 0.1) is 16.0 Å². The molecule has 1 heterocycles. The summed E-state index contributed by atoms with van der Waals surface area (Å²) in [6.07, 6.45) is 1.28. The van der Waals surface area contributed by atoms with Crippen LogP contribution in [0.2, 0.25) is 0 Å². The molecule has 0 radical (unpaired) electrons. The number of hydrogen-bond donors (Lipinski definition) is 1. The number of rotatable bonds is 5. The first kappa shape index (κ1) is 13.9. The summed E-state index contributed by atoms with van der Waals surface area (Å²) >= 11 is 3.04. The van der Waals surface area contributed by atoms with E-state index in [1.807, 2.05) is 14.0 Å². The molecule has 0 aliphatic carbocycles. The molecule has 6 nitrogen and oxygen atoms in total. The van der Waals surface area contributed by atoms with Gasteiger partial charge in [0.15, 0.2) is 0 Å². The molecule has 1 rings (SSSR count). The van der Waals surface area contributed by atoms with E-state index in [0.717, 1.165) is 6.54 Å². The van der Waals surface area contributed by atoms with Crippen molar-refractivity contribution in [2.45, 2.75) is 13.5 Å². The average Bonchev–Trinajstić information content (AvgIpc) is 2.24. The van der Waals surface area contributed by atoms with E-state index in [-0.39, 0.29) is 21.6 Å². The Labute approximate surface area is 107 Å². The summed E-state index contributed by atoms with van der Waals surface area (Å²) in [6.45, 7) is 3.16. The fraction of sp³-hybridized carbons (Fsp3) is 0.500. The van der Waals surface area contributed by atoms with E-state index in [1.54, 1.807) is 0 Å². The summed E-state index contributed by atoms with van der Waals surface area (Å²) in [6, 6.07) is 1.22.